The molecule has 1 unspecified atom stereocenters. The van der Waals surface area contributed by atoms with Gasteiger partial charge >= 0.3 is 0 Å². The molecule has 0 saturated carbocycles. The van der Waals surface area contributed by atoms with Crippen molar-refractivity contribution in [2.45, 2.75) is 19.1 Å². The van der Waals surface area contributed by atoms with Crippen LogP contribution in [0.1, 0.15) is 28.9 Å². The molecule has 24 heavy (non-hydrogen) atoms. The van der Waals surface area contributed by atoms with Crippen molar-refractivity contribution < 1.29 is 9.52 Å². The topological polar surface area (TPSA) is 49.5 Å². The second-order valence-electron chi connectivity index (χ2n) is 5.95. The molecule has 0 radical (unpaired) electrons. The van der Waals surface area contributed by atoms with E-state index in [-0.39, 0.29) is 0 Å². The number of hydrogen-bond donors (Lipinski definition) is 1. The first kappa shape index (κ1) is 16.4. The Morgan fingerprint density at radius 2 is 1.71 bits per heavy atom. The van der Waals surface area contributed by atoms with Crippen LogP contribution in [-0.4, -0.2) is 28.6 Å². The minimum Gasteiger partial charge on any atom is -0.442 e. The molecule has 1 N–H and O–H groups in total. The van der Waals surface area contributed by atoms with Crippen molar-refractivity contribution in [3.05, 3.63) is 89.6 Å². The summed E-state index contributed by atoms with van der Waals surface area (Å²) in [5.41, 5.74) is 2.07. The maximum atomic E-state index is 10.3. The Labute approximate surface area is 142 Å². The maximum Gasteiger partial charge on any atom is 0.227 e. The Hall–Kier alpha value is -2.43. The van der Waals surface area contributed by atoms with E-state index < -0.39 is 6.10 Å². The highest BCUT2D eigenvalue weighted by atomic mass is 16.4. The van der Waals surface area contributed by atoms with E-state index in [2.05, 4.69) is 41.2 Å². The molecule has 2 aromatic carbocycles. The fourth-order valence-electron chi connectivity index (χ4n) is 2.62. The van der Waals surface area contributed by atoms with Gasteiger partial charge in [-0.2, -0.15) is 0 Å². The van der Waals surface area contributed by atoms with Crippen LogP contribution >= 0.6 is 0 Å². The molecule has 0 aliphatic rings. The lowest BCUT2D eigenvalue weighted by Crippen LogP contribution is -2.20. The van der Waals surface area contributed by atoms with Crippen molar-refractivity contribution in [1.29, 1.82) is 0 Å². The van der Waals surface area contributed by atoms with Crippen LogP contribution in [0.3, 0.4) is 0 Å². The van der Waals surface area contributed by atoms with Crippen LogP contribution in [0.4, 0.5) is 0 Å². The standard InChI is InChI=1S/C20H22N2O2/c1-22(15-16-8-4-2-5-9-16)13-12-18-14-21-20(24-18)19(23)17-10-6-3-7-11-17/h2-11,14,19,23H,12-13,15H2,1H3. The zero-order valence-electron chi connectivity index (χ0n) is 13.8. The average Bonchev–Trinajstić information content (AvgIpc) is 3.10. The first-order chi connectivity index (χ1) is 11.7. The Balaban J connectivity index is 1.54. The highest BCUT2D eigenvalue weighted by Gasteiger charge is 2.16. The van der Waals surface area contributed by atoms with Gasteiger partial charge in [0.05, 0.1) is 6.20 Å². The number of aliphatic hydroxyl groups excluding tert-OH is 1. The highest BCUT2D eigenvalue weighted by molar-refractivity contribution is 5.22. The molecule has 0 saturated heterocycles. The number of aliphatic hydroxyl groups is 1. The zero-order chi connectivity index (χ0) is 16.8. The summed E-state index contributed by atoms with van der Waals surface area (Å²) < 4.78 is 5.71. The Bertz CT molecular complexity index is 741. The van der Waals surface area contributed by atoms with Gasteiger partial charge in [-0.1, -0.05) is 60.7 Å². The maximum absolute atomic E-state index is 10.3. The summed E-state index contributed by atoms with van der Waals surface area (Å²) in [7, 11) is 2.09. The number of benzene rings is 2. The molecule has 0 amide bonds. The van der Waals surface area contributed by atoms with Crippen LogP contribution in [0.2, 0.25) is 0 Å². The first-order valence-electron chi connectivity index (χ1n) is 8.12. The molecule has 0 bridgehead atoms. The van der Waals surface area contributed by atoms with Crippen LogP contribution in [0.15, 0.2) is 71.3 Å². The number of oxazole rings is 1. The summed E-state index contributed by atoms with van der Waals surface area (Å²) in [5.74, 6) is 1.14. The SMILES string of the molecule is CN(CCc1cnc(C(O)c2ccccc2)o1)Cc1ccccc1. The molecule has 124 valence electrons. The van der Waals surface area contributed by atoms with Gasteiger partial charge < -0.3 is 14.4 Å². The molecule has 0 fully saturated rings. The van der Waals surface area contributed by atoms with Crippen molar-refractivity contribution >= 4 is 0 Å². The van der Waals surface area contributed by atoms with Crippen molar-refractivity contribution in [3.8, 4) is 0 Å². The van der Waals surface area contributed by atoms with Gasteiger partial charge in [0.25, 0.3) is 0 Å². The van der Waals surface area contributed by atoms with Gasteiger partial charge in [-0.25, -0.2) is 4.98 Å². The highest BCUT2D eigenvalue weighted by Crippen LogP contribution is 2.21. The zero-order valence-corrected chi connectivity index (χ0v) is 13.8. The summed E-state index contributed by atoms with van der Waals surface area (Å²) in [5, 5.41) is 10.3. The smallest absolute Gasteiger partial charge is 0.227 e. The quantitative estimate of drug-likeness (QED) is 0.724. The summed E-state index contributed by atoms with van der Waals surface area (Å²) >= 11 is 0. The van der Waals surface area contributed by atoms with Crippen molar-refractivity contribution in [1.82, 2.24) is 9.88 Å². The van der Waals surface area contributed by atoms with Gasteiger partial charge in [-0.05, 0) is 18.2 Å². The van der Waals surface area contributed by atoms with Crippen LogP contribution in [0.5, 0.6) is 0 Å². The van der Waals surface area contributed by atoms with E-state index in [1.807, 2.05) is 36.4 Å². The number of nitrogens with zero attached hydrogens (tertiary/aromatic N) is 2. The third-order valence-corrected chi connectivity index (χ3v) is 3.96. The Kier molecular flexibility index (Phi) is 5.41. The molecular weight excluding hydrogens is 300 g/mol. The van der Waals surface area contributed by atoms with Crippen molar-refractivity contribution in [2.24, 2.45) is 0 Å². The number of hydrogen-bond acceptors (Lipinski definition) is 4. The molecule has 1 aromatic heterocycles. The lowest BCUT2D eigenvalue weighted by molar-refractivity contribution is 0.179. The number of rotatable bonds is 7. The number of aromatic nitrogens is 1. The van der Waals surface area contributed by atoms with E-state index in [9.17, 15) is 5.11 Å². The van der Waals surface area contributed by atoms with E-state index in [0.717, 1.165) is 30.8 Å². The molecule has 4 heteroatoms. The molecule has 3 aromatic rings. The average molecular weight is 322 g/mol. The molecular formula is C20H22N2O2. The van der Waals surface area contributed by atoms with Crippen LogP contribution in [-0.2, 0) is 13.0 Å². The van der Waals surface area contributed by atoms with E-state index in [1.165, 1.54) is 5.56 Å². The summed E-state index contributed by atoms with van der Waals surface area (Å²) in [4.78, 5) is 6.46. The molecule has 3 rings (SSSR count). The fourth-order valence-corrected chi connectivity index (χ4v) is 2.62. The van der Waals surface area contributed by atoms with Crippen LogP contribution in [0, 0.1) is 0 Å². The molecule has 0 aliphatic carbocycles. The van der Waals surface area contributed by atoms with Gasteiger partial charge in [0.2, 0.25) is 5.89 Å². The van der Waals surface area contributed by atoms with Gasteiger partial charge in [-0.3, -0.25) is 0 Å². The largest absolute Gasteiger partial charge is 0.442 e. The fraction of sp³-hybridized carbons (Fsp3) is 0.250. The predicted molar refractivity (Wildman–Crippen MR) is 93.5 cm³/mol. The third kappa shape index (κ3) is 4.31. The predicted octanol–water partition coefficient (Wildman–Crippen LogP) is 3.43. The Morgan fingerprint density at radius 1 is 1.04 bits per heavy atom. The van der Waals surface area contributed by atoms with Crippen molar-refractivity contribution in [2.75, 3.05) is 13.6 Å². The summed E-state index contributed by atoms with van der Waals surface area (Å²) in [6.07, 6.45) is 1.65. The number of likely N-dealkylation sites (N-methyl/N-ethyl adjacent to an activating group) is 1. The molecule has 0 spiro atoms. The van der Waals surface area contributed by atoms with Gasteiger partial charge in [0, 0.05) is 19.5 Å². The van der Waals surface area contributed by atoms with Crippen LogP contribution < -0.4 is 0 Å². The second-order valence-corrected chi connectivity index (χ2v) is 5.95. The monoisotopic (exact) mass is 322 g/mol. The Morgan fingerprint density at radius 3 is 2.42 bits per heavy atom. The third-order valence-electron chi connectivity index (χ3n) is 3.96. The first-order valence-corrected chi connectivity index (χ1v) is 8.12. The molecule has 1 heterocycles. The minimum absolute atomic E-state index is 0.349. The lowest BCUT2D eigenvalue weighted by Gasteiger charge is -2.15. The van der Waals surface area contributed by atoms with Gasteiger partial charge in [0.1, 0.15) is 5.76 Å². The van der Waals surface area contributed by atoms with E-state index >= 15 is 0 Å². The minimum atomic E-state index is -0.818. The molecule has 0 aliphatic heterocycles. The van der Waals surface area contributed by atoms with E-state index in [0.29, 0.717) is 5.89 Å². The molecule has 4 nitrogen and oxygen atoms in total. The van der Waals surface area contributed by atoms with Crippen LogP contribution in [0.25, 0.3) is 0 Å². The van der Waals surface area contributed by atoms with Gasteiger partial charge in [0.15, 0.2) is 6.10 Å². The normalized spacial score (nSPS) is 12.5. The second kappa shape index (κ2) is 7.90. The summed E-state index contributed by atoms with van der Waals surface area (Å²) in [6.45, 7) is 1.76. The summed E-state index contributed by atoms with van der Waals surface area (Å²) in [6, 6.07) is 19.8. The van der Waals surface area contributed by atoms with Crippen molar-refractivity contribution in [3.63, 3.8) is 0 Å². The van der Waals surface area contributed by atoms with E-state index in [4.69, 9.17) is 4.42 Å². The van der Waals surface area contributed by atoms with Gasteiger partial charge in [-0.15, -0.1) is 0 Å². The lowest BCUT2D eigenvalue weighted by atomic mass is 10.1. The van der Waals surface area contributed by atoms with E-state index in [1.54, 1.807) is 6.20 Å². The molecule has 1 atom stereocenters.